The van der Waals surface area contributed by atoms with E-state index in [4.69, 9.17) is 0 Å². The van der Waals surface area contributed by atoms with Gasteiger partial charge in [-0.3, -0.25) is 0 Å². The first kappa shape index (κ1) is 12.1. The van der Waals surface area contributed by atoms with E-state index in [1.54, 1.807) is 0 Å². The molecule has 0 saturated heterocycles. The van der Waals surface area contributed by atoms with Crippen molar-refractivity contribution in [1.82, 2.24) is 4.98 Å². The van der Waals surface area contributed by atoms with Crippen molar-refractivity contribution in [2.24, 2.45) is 0 Å². The summed E-state index contributed by atoms with van der Waals surface area (Å²) in [5, 5.41) is 0.842. The molecule has 2 rings (SSSR count). The number of aromatic nitrogens is 1. The molecule has 0 aliphatic heterocycles. The van der Waals surface area contributed by atoms with Gasteiger partial charge in [0.25, 0.3) is 0 Å². The van der Waals surface area contributed by atoms with Crippen LogP contribution in [0.5, 0.6) is 0 Å². The fourth-order valence-corrected chi connectivity index (χ4v) is 2.09. The summed E-state index contributed by atoms with van der Waals surface area (Å²) in [4.78, 5) is 6.57. The third-order valence-electron chi connectivity index (χ3n) is 2.78. The maximum Gasteiger partial charge on any atom is 0.132 e. The molecule has 0 aliphatic rings. The van der Waals surface area contributed by atoms with Crippen molar-refractivity contribution in [2.75, 3.05) is 11.9 Å². The second-order valence-electron chi connectivity index (χ2n) is 4.00. The van der Waals surface area contributed by atoms with Gasteiger partial charge in [-0.05, 0) is 30.2 Å². The lowest BCUT2D eigenvalue weighted by atomic mass is 10.2. The molecule has 2 aromatic rings. The minimum Gasteiger partial charge on any atom is -0.329 e. The number of halogens is 1. The predicted molar refractivity (Wildman–Crippen MR) is 76.1 cm³/mol. The van der Waals surface area contributed by atoms with Gasteiger partial charge in [-0.1, -0.05) is 40.2 Å². The number of hydrogen-bond acceptors (Lipinski definition) is 2. The van der Waals surface area contributed by atoms with Crippen LogP contribution in [0.4, 0.5) is 11.5 Å². The molecule has 0 spiro atoms. The van der Waals surface area contributed by atoms with Crippen molar-refractivity contribution in [2.45, 2.75) is 12.3 Å². The molecular weight excluding hydrogens is 276 g/mol. The molecule has 0 atom stereocenters. The third-order valence-corrected chi connectivity index (χ3v) is 3.43. The normalized spacial score (nSPS) is 10.3. The van der Waals surface area contributed by atoms with Crippen LogP contribution in [-0.2, 0) is 5.33 Å². The van der Waals surface area contributed by atoms with E-state index < -0.39 is 0 Å². The van der Waals surface area contributed by atoms with E-state index in [1.165, 1.54) is 16.8 Å². The maximum atomic E-state index is 4.46. The number of benzene rings is 1. The van der Waals surface area contributed by atoms with Gasteiger partial charge in [0.15, 0.2) is 0 Å². The number of hydrogen-bond donors (Lipinski definition) is 0. The second kappa shape index (κ2) is 5.32. The Morgan fingerprint density at radius 1 is 1.18 bits per heavy atom. The van der Waals surface area contributed by atoms with E-state index in [9.17, 15) is 0 Å². The van der Waals surface area contributed by atoms with Crippen molar-refractivity contribution in [3.05, 3.63) is 53.7 Å². The molecule has 0 radical (unpaired) electrons. The van der Waals surface area contributed by atoms with Crippen LogP contribution in [-0.4, -0.2) is 12.0 Å². The topological polar surface area (TPSA) is 16.1 Å². The largest absolute Gasteiger partial charge is 0.329 e. The number of anilines is 2. The molecule has 0 saturated carbocycles. The Bertz CT molecular complexity index is 494. The van der Waals surface area contributed by atoms with Crippen LogP contribution in [0.25, 0.3) is 0 Å². The Hall–Kier alpha value is -1.35. The number of para-hydroxylation sites is 1. The summed E-state index contributed by atoms with van der Waals surface area (Å²) in [6.07, 6.45) is 1.90. The Balaban J connectivity index is 2.30. The molecule has 2 nitrogen and oxygen atoms in total. The van der Waals surface area contributed by atoms with Gasteiger partial charge in [-0.2, -0.15) is 0 Å². The standard InChI is InChI=1S/C14H15BrN2/c1-11-5-3-4-6-13(11)17(2)14-8-7-12(9-15)10-16-14/h3-8,10H,9H2,1-2H3. The Morgan fingerprint density at radius 3 is 2.53 bits per heavy atom. The van der Waals surface area contributed by atoms with Crippen LogP contribution in [0.1, 0.15) is 11.1 Å². The van der Waals surface area contributed by atoms with Gasteiger partial charge in [-0.25, -0.2) is 4.98 Å². The lowest BCUT2D eigenvalue weighted by Crippen LogP contribution is -2.12. The van der Waals surface area contributed by atoms with Gasteiger partial charge in [0, 0.05) is 24.3 Å². The van der Waals surface area contributed by atoms with E-state index in [-0.39, 0.29) is 0 Å². The second-order valence-corrected chi connectivity index (χ2v) is 4.56. The Kier molecular flexibility index (Phi) is 3.79. The zero-order valence-electron chi connectivity index (χ0n) is 10.0. The Morgan fingerprint density at radius 2 is 1.94 bits per heavy atom. The van der Waals surface area contributed by atoms with Gasteiger partial charge < -0.3 is 4.90 Å². The fraction of sp³-hybridized carbons (Fsp3) is 0.214. The first-order valence-electron chi connectivity index (χ1n) is 5.52. The summed E-state index contributed by atoms with van der Waals surface area (Å²) in [5.74, 6) is 0.962. The predicted octanol–water partition coefficient (Wildman–Crippen LogP) is 4.05. The first-order chi connectivity index (χ1) is 8.22. The highest BCUT2D eigenvalue weighted by Gasteiger charge is 2.06. The van der Waals surface area contributed by atoms with Crippen molar-refractivity contribution < 1.29 is 0 Å². The van der Waals surface area contributed by atoms with Crippen LogP contribution in [0, 0.1) is 6.92 Å². The highest BCUT2D eigenvalue weighted by molar-refractivity contribution is 9.08. The highest BCUT2D eigenvalue weighted by Crippen LogP contribution is 2.24. The van der Waals surface area contributed by atoms with Crippen LogP contribution in [0.15, 0.2) is 42.6 Å². The van der Waals surface area contributed by atoms with Gasteiger partial charge in [-0.15, -0.1) is 0 Å². The highest BCUT2D eigenvalue weighted by atomic mass is 79.9. The van der Waals surface area contributed by atoms with Crippen molar-refractivity contribution in [3.8, 4) is 0 Å². The van der Waals surface area contributed by atoms with Gasteiger partial charge in [0.1, 0.15) is 5.82 Å². The number of alkyl halides is 1. The molecule has 0 N–H and O–H groups in total. The average molecular weight is 291 g/mol. The van der Waals surface area contributed by atoms with Crippen LogP contribution >= 0.6 is 15.9 Å². The van der Waals surface area contributed by atoms with Crippen molar-refractivity contribution in [1.29, 1.82) is 0 Å². The minimum atomic E-state index is 0.842. The molecule has 3 heteroatoms. The molecule has 0 unspecified atom stereocenters. The molecule has 0 bridgehead atoms. The summed E-state index contributed by atoms with van der Waals surface area (Å²) < 4.78 is 0. The molecule has 0 fully saturated rings. The average Bonchev–Trinajstić information content (AvgIpc) is 2.39. The maximum absolute atomic E-state index is 4.46. The number of nitrogens with zero attached hydrogens (tertiary/aromatic N) is 2. The summed E-state index contributed by atoms with van der Waals surface area (Å²) in [7, 11) is 2.04. The van der Waals surface area contributed by atoms with E-state index in [2.05, 4.69) is 50.9 Å². The number of rotatable bonds is 3. The van der Waals surface area contributed by atoms with E-state index >= 15 is 0 Å². The summed E-state index contributed by atoms with van der Waals surface area (Å²) >= 11 is 3.42. The first-order valence-corrected chi connectivity index (χ1v) is 6.65. The van der Waals surface area contributed by atoms with Crippen LogP contribution in [0.3, 0.4) is 0 Å². The van der Waals surface area contributed by atoms with E-state index in [1.807, 2.05) is 31.4 Å². The molecule has 0 aliphatic carbocycles. The summed E-state index contributed by atoms with van der Waals surface area (Å²) in [5.41, 5.74) is 3.62. The van der Waals surface area contributed by atoms with E-state index in [0.29, 0.717) is 0 Å². The molecule has 1 aromatic carbocycles. The zero-order valence-corrected chi connectivity index (χ0v) is 11.6. The smallest absolute Gasteiger partial charge is 0.132 e. The molecule has 88 valence electrons. The number of pyridine rings is 1. The van der Waals surface area contributed by atoms with Gasteiger partial charge >= 0.3 is 0 Å². The summed E-state index contributed by atoms with van der Waals surface area (Å²) in [6.45, 7) is 2.11. The minimum absolute atomic E-state index is 0.842. The number of aryl methyl sites for hydroxylation is 1. The van der Waals surface area contributed by atoms with E-state index in [0.717, 1.165) is 11.1 Å². The Labute approximate surface area is 110 Å². The van der Waals surface area contributed by atoms with Crippen molar-refractivity contribution in [3.63, 3.8) is 0 Å². The molecule has 1 aromatic heterocycles. The van der Waals surface area contributed by atoms with Crippen LogP contribution < -0.4 is 4.90 Å². The van der Waals surface area contributed by atoms with Gasteiger partial charge in [0.2, 0.25) is 0 Å². The monoisotopic (exact) mass is 290 g/mol. The molecule has 1 heterocycles. The molecule has 17 heavy (non-hydrogen) atoms. The van der Waals surface area contributed by atoms with Crippen LogP contribution in [0.2, 0.25) is 0 Å². The zero-order chi connectivity index (χ0) is 12.3. The SMILES string of the molecule is Cc1ccccc1N(C)c1ccc(CBr)cn1. The van der Waals surface area contributed by atoms with Crippen molar-refractivity contribution >= 4 is 27.4 Å². The summed E-state index contributed by atoms with van der Waals surface area (Å²) in [6, 6.07) is 12.4. The lowest BCUT2D eigenvalue weighted by molar-refractivity contribution is 1.10. The molecular formula is C14H15BrN2. The third kappa shape index (κ3) is 2.67. The van der Waals surface area contributed by atoms with Gasteiger partial charge in [0.05, 0.1) is 0 Å². The molecule has 0 amide bonds. The quantitative estimate of drug-likeness (QED) is 0.793. The lowest BCUT2D eigenvalue weighted by Gasteiger charge is -2.20. The fourth-order valence-electron chi connectivity index (χ4n) is 1.76.